The molecule has 0 saturated heterocycles. The highest BCUT2D eigenvalue weighted by Gasteiger charge is 2.14. The number of carbonyl (C=O) groups is 1. The summed E-state index contributed by atoms with van der Waals surface area (Å²) in [5.41, 5.74) is 2.59. The third kappa shape index (κ3) is 3.65. The molecule has 0 fully saturated rings. The third-order valence-electron chi connectivity index (χ3n) is 3.84. The minimum absolute atomic E-state index is 0.155. The van der Waals surface area contributed by atoms with Crippen molar-refractivity contribution in [2.75, 3.05) is 18.5 Å². The lowest BCUT2D eigenvalue weighted by Crippen LogP contribution is -2.12. The van der Waals surface area contributed by atoms with Gasteiger partial charge in [-0.05, 0) is 41.8 Å². The first-order valence-corrected chi connectivity index (χ1v) is 7.94. The summed E-state index contributed by atoms with van der Waals surface area (Å²) in [6, 6.07) is 13.2. The molecular formula is C19H21NO3. The standard InChI is InChI=1S/C19H21NO3/c1-13(2)14-4-7-16(8-5-14)20-19(21)15-6-9-17-18(12-15)23-11-3-10-22-17/h4-9,12-13H,3,10-11H2,1-2H3,(H,20,21). The van der Waals surface area contributed by atoms with Crippen molar-refractivity contribution >= 4 is 11.6 Å². The molecule has 0 saturated carbocycles. The first-order chi connectivity index (χ1) is 11.1. The molecule has 120 valence electrons. The van der Waals surface area contributed by atoms with Crippen LogP contribution in [-0.2, 0) is 0 Å². The topological polar surface area (TPSA) is 47.6 Å². The number of nitrogens with one attached hydrogen (secondary N) is 1. The van der Waals surface area contributed by atoms with Crippen molar-refractivity contribution in [2.45, 2.75) is 26.2 Å². The zero-order valence-electron chi connectivity index (χ0n) is 13.5. The normalized spacial score (nSPS) is 13.5. The van der Waals surface area contributed by atoms with E-state index in [-0.39, 0.29) is 5.91 Å². The molecule has 1 amide bonds. The summed E-state index contributed by atoms with van der Waals surface area (Å²) in [4.78, 5) is 12.4. The molecule has 0 aliphatic carbocycles. The Morgan fingerprint density at radius 3 is 2.39 bits per heavy atom. The summed E-state index contributed by atoms with van der Waals surface area (Å²) < 4.78 is 11.2. The van der Waals surface area contributed by atoms with Crippen LogP contribution in [0.2, 0.25) is 0 Å². The van der Waals surface area contributed by atoms with Gasteiger partial charge in [0.25, 0.3) is 5.91 Å². The predicted octanol–water partition coefficient (Wildman–Crippen LogP) is 4.22. The number of rotatable bonds is 3. The van der Waals surface area contributed by atoms with Crippen molar-refractivity contribution in [1.29, 1.82) is 0 Å². The van der Waals surface area contributed by atoms with Gasteiger partial charge in [-0.15, -0.1) is 0 Å². The molecular weight excluding hydrogens is 290 g/mol. The Labute approximate surface area is 136 Å². The number of carbonyl (C=O) groups excluding carboxylic acids is 1. The van der Waals surface area contributed by atoms with E-state index >= 15 is 0 Å². The van der Waals surface area contributed by atoms with E-state index in [0.717, 1.165) is 12.1 Å². The molecule has 2 aromatic rings. The molecule has 3 rings (SSSR count). The Morgan fingerprint density at radius 2 is 1.70 bits per heavy atom. The zero-order chi connectivity index (χ0) is 16.2. The zero-order valence-corrected chi connectivity index (χ0v) is 13.5. The second kappa shape index (κ2) is 6.73. The van der Waals surface area contributed by atoms with Gasteiger partial charge in [0.1, 0.15) is 0 Å². The molecule has 1 aliphatic rings. The van der Waals surface area contributed by atoms with Crippen molar-refractivity contribution in [1.82, 2.24) is 0 Å². The van der Waals surface area contributed by atoms with Crippen LogP contribution in [0.15, 0.2) is 42.5 Å². The van der Waals surface area contributed by atoms with E-state index < -0.39 is 0 Å². The maximum absolute atomic E-state index is 12.4. The molecule has 4 heteroatoms. The van der Waals surface area contributed by atoms with Crippen LogP contribution >= 0.6 is 0 Å². The molecule has 0 atom stereocenters. The van der Waals surface area contributed by atoms with Crippen LogP contribution < -0.4 is 14.8 Å². The molecule has 4 nitrogen and oxygen atoms in total. The highest BCUT2D eigenvalue weighted by atomic mass is 16.5. The van der Waals surface area contributed by atoms with Gasteiger partial charge in [0.05, 0.1) is 13.2 Å². The number of fused-ring (bicyclic) bond motifs is 1. The minimum Gasteiger partial charge on any atom is -0.490 e. The molecule has 1 aliphatic heterocycles. The first kappa shape index (κ1) is 15.4. The largest absolute Gasteiger partial charge is 0.490 e. The smallest absolute Gasteiger partial charge is 0.255 e. The van der Waals surface area contributed by atoms with E-state index in [0.29, 0.717) is 36.2 Å². The number of anilines is 1. The van der Waals surface area contributed by atoms with Crippen LogP contribution in [0.25, 0.3) is 0 Å². The Hall–Kier alpha value is -2.49. The van der Waals surface area contributed by atoms with Crippen molar-refractivity contribution < 1.29 is 14.3 Å². The maximum Gasteiger partial charge on any atom is 0.255 e. The van der Waals surface area contributed by atoms with Crippen LogP contribution in [0.4, 0.5) is 5.69 Å². The Kier molecular flexibility index (Phi) is 4.51. The van der Waals surface area contributed by atoms with E-state index in [9.17, 15) is 4.79 Å². The van der Waals surface area contributed by atoms with Crippen LogP contribution in [0.1, 0.15) is 42.1 Å². The Bertz CT molecular complexity index is 692. The second-order valence-corrected chi connectivity index (χ2v) is 5.94. The SMILES string of the molecule is CC(C)c1ccc(NC(=O)c2ccc3c(c2)OCCCO3)cc1. The molecule has 0 spiro atoms. The summed E-state index contributed by atoms with van der Waals surface area (Å²) in [5.74, 6) is 1.64. The second-order valence-electron chi connectivity index (χ2n) is 5.94. The number of ether oxygens (including phenoxy) is 2. The van der Waals surface area contributed by atoms with Crippen LogP contribution in [-0.4, -0.2) is 19.1 Å². The van der Waals surface area contributed by atoms with E-state index in [4.69, 9.17) is 9.47 Å². The van der Waals surface area contributed by atoms with Gasteiger partial charge in [-0.25, -0.2) is 0 Å². The van der Waals surface area contributed by atoms with Crippen LogP contribution in [0, 0.1) is 0 Å². The summed E-state index contributed by atoms with van der Waals surface area (Å²) in [6.45, 7) is 5.53. The fourth-order valence-electron chi connectivity index (χ4n) is 2.46. The van der Waals surface area contributed by atoms with Gasteiger partial charge in [0, 0.05) is 17.7 Å². The quantitative estimate of drug-likeness (QED) is 0.923. The van der Waals surface area contributed by atoms with Crippen molar-refractivity contribution in [2.24, 2.45) is 0 Å². The minimum atomic E-state index is -0.155. The van der Waals surface area contributed by atoms with Gasteiger partial charge in [-0.2, -0.15) is 0 Å². The van der Waals surface area contributed by atoms with Crippen LogP contribution in [0.5, 0.6) is 11.5 Å². The highest BCUT2D eigenvalue weighted by Crippen LogP contribution is 2.30. The van der Waals surface area contributed by atoms with Gasteiger partial charge >= 0.3 is 0 Å². The Morgan fingerprint density at radius 1 is 1.00 bits per heavy atom. The fraction of sp³-hybridized carbons (Fsp3) is 0.316. The molecule has 0 bridgehead atoms. The molecule has 0 radical (unpaired) electrons. The van der Waals surface area contributed by atoms with E-state index in [1.54, 1.807) is 18.2 Å². The van der Waals surface area contributed by atoms with Crippen LogP contribution in [0.3, 0.4) is 0 Å². The number of benzene rings is 2. The molecule has 23 heavy (non-hydrogen) atoms. The monoisotopic (exact) mass is 311 g/mol. The third-order valence-corrected chi connectivity index (χ3v) is 3.84. The lowest BCUT2D eigenvalue weighted by molar-refractivity contribution is 0.102. The van der Waals surface area contributed by atoms with Gasteiger partial charge in [-0.1, -0.05) is 26.0 Å². The summed E-state index contributed by atoms with van der Waals surface area (Å²) in [6.07, 6.45) is 0.846. The summed E-state index contributed by atoms with van der Waals surface area (Å²) in [5, 5.41) is 2.91. The van der Waals surface area contributed by atoms with Gasteiger partial charge < -0.3 is 14.8 Å². The van der Waals surface area contributed by atoms with E-state index in [1.165, 1.54) is 5.56 Å². The van der Waals surface area contributed by atoms with E-state index in [2.05, 4.69) is 19.2 Å². The number of hydrogen-bond donors (Lipinski definition) is 1. The number of amides is 1. The highest BCUT2D eigenvalue weighted by molar-refractivity contribution is 6.04. The summed E-state index contributed by atoms with van der Waals surface area (Å²) >= 11 is 0. The lowest BCUT2D eigenvalue weighted by Gasteiger charge is -2.11. The first-order valence-electron chi connectivity index (χ1n) is 7.94. The van der Waals surface area contributed by atoms with Crippen molar-refractivity contribution in [3.63, 3.8) is 0 Å². The van der Waals surface area contributed by atoms with Crippen molar-refractivity contribution in [3.8, 4) is 11.5 Å². The average Bonchev–Trinajstić information content (AvgIpc) is 2.79. The summed E-state index contributed by atoms with van der Waals surface area (Å²) in [7, 11) is 0. The van der Waals surface area contributed by atoms with Gasteiger partial charge in [-0.3, -0.25) is 4.79 Å². The fourth-order valence-corrected chi connectivity index (χ4v) is 2.46. The Balaban J connectivity index is 1.74. The van der Waals surface area contributed by atoms with Gasteiger partial charge in [0.15, 0.2) is 11.5 Å². The van der Waals surface area contributed by atoms with Gasteiger partial charge in [0.2, 0.25) is 0 Å². The molecule has 1 heterocycles. The molecule has 1 N–H and O–H groups in total. The predicted molar refractivity (Wildman–Crippen MR) is 90.5 cm³/mol. The van der Waals surface area contributed by atoms with Crippen molar-refractivity contribution in [3.05, 3.63) is 53.6 Å². The number of hydrogen-bond acceptors (Lipinski definition) is 3. The maximum atomic E-state index is 12.4. The molecule has 0 aromatic heterocycles. The lowest BCUT2D eigenvalue weighted by atomic mass is 10.0. The average molecular weight is 311 g/mol. The molecule has 0 unspecified atom stereocenters. The van der Waals surface area contributed by atoms with E-state index in [1.807, 2.05) is 24.3 Å². The molecule has 2 aromatic carbocycles.